The Labute approximate surface area is 59.6 Å². The average molecular weight is 149 g/mol. The van der Waals surface area contributed by atoms with Crippen molar-refractivity contribution in [3.8, 4) is 0 Å². The van der Waals surface area contributed by atoms with Gasteiger partial charge in [-0.05, 0) is 19.3 Å². The van der Waals surface area contributed by atoms with E-state index in [0.717, 1.165) is 6.42 Å². The monoisotopic (exact) mass is 149 g/mol. The van der Waals surface area contributed by atoms with Gasteiger partial charge in [-0.15, -0.1) is 0 Å². The second-order valence-electron chi connectivity index (χ2n) is 3.05. The van der Waals surface area contributed by atoms with E-state index in [-0.39, 0.29) is 18.9 Å². The molecule has 0 saturated heterocycles. The predicted octanol–water partition coefficient (Wildman–Crippen LogP) is 1.91. The van der Waals surface area contributed by atoms with E-state index >= 15 is 0 Å². The fraction of sp³-hybridized carbons (Fsp3) is 1.00. The summed E-state index contributed by atoms with van der Waals surface area (Å²) in [6, 6.07) is 0.00775. The summed E-state index contributed by atoms with van der Waals surface area (Å²) in [5, 5.41) is 0. The van der Waals surface area contributed by atoms with E-state index in [0.29, 0.717) is 12.8 Å². The van der Waals surface area contributed by atoms with Crippen LogP contribution in [0.3, 0.4) is 0 Å². The molecule has 0 bridgehead atoms. The summed E-state index contributed by atoms with van der Waals surface area (Å²) in [4.78, 5) is 0. The molecule has 60 valence electrons. The fourth-order valence-corrected chi connectivity index (χ4v) is 1.29. The summed E-state index contributed by atoms with van der Waals surface area (Å²) < 4.78 is 25.2. The topological polar surface area (TPSA) is 26.0 Å². The molecule has 3 heteroatoms. The van der Waals surface area contributed by atoms with Crippen LogP contribution in [0.5, 0.6) is 0 Å². The molecule has 0 aromatic heterocycles. The first-order chi connectivity index (χ1) is 4.60. The highest BCUT2D eigenvalue weighted by atomic mass is 19.3. The van der Waals surface area contributed by atoms with Crippen molar-refractivity contribution in [3.05, 3.63) is 0 Å². The molecule has 0 aromatic carbocycles. The Morgan fingerprint density at radius 1 is 1.20 bits per heavy atom. The van der Waals surface area contributed by atoms with Crippen LogP contribution in [0.25, 0.3) is 0 Å². The Bertz CT molecular complexity index is 114. The SMILES string of the molecule is N[C@H]1CCCC(F)(F)CC1. The van der Waals surface area contributed by atoms with Crippen LogP contribution >= 0.6 is 0 Å². The van der Waals surface area contributed by atoms with Crippen LogP contribution in [0.1, 0.15) is 32.1 Å². The molecule has 1 atom stereocenters. The predicted molar refractivity (Wildman–Crippen MR) is 36.0 cm³/mol. The summed E-state index contributed by atoms with van der Waals surface area (Å²) >= 11 is 0. The van der Waals surface area contributed by atoms with Crippen molar-refractivity contribution in [1.82, 2.24) is 0 Å². The molecule has 1 aliphatic rings. The third-order valence-corrected chi connectivity index (χ3v) is 2.00. The minimum Gasteiger partial charge on any atom is -0.328 e. The van der Waals surface area contributed by atoms with Crippen molar-refractivity contribution in [2.24, 2.45) is 5.73 Å². The summed E-state index contributed by atoms with van der Waals surface area (Å²) in [6.07, 6.45) is 1.83. The minimum absolute atomic E-state index is 0.00775. The first-order valence-corrected chi connectivity index (χ1v) is 3.73. The van der Waals surface area contributed by atoms with Crippen LogP contribution < -0.4 is 5.73 Å². The van der Waals surface area contributed by atoms with Gasteiger partial charge in [-0.3, -0.25) is 0 Å². The molecule has 0 heterocycles. The van der Waals surface area contributed by atoms with Crippen LogP contribution in [-0.2, 0) is 0 Å². The third-order valence-electron chi connectivity index (χ3n) is 2.00. The number of rotatable bonds is 0. The molecule has 0 radical (unpaired) electrons. The highest BCUT2D eigenvalue weighted by Crippen LogP contribution is 2.30. The van der Waals surface area contributed by atoms with Crippen molar-refractivity contribution in [2.45, 2.75) is 44.1 Å². The lowest BCUT2D eigenvalue weighted by molar-refractivity contribution is -0.0141. The standard InChI is InChI=1S/C7H13F2N/c8-7(9)4-1-2-6(10)3-5-7/h6H,1-5,10H2/t6-/m0/s1. The lowest BCUT2D eigenvalue weighted by Crippen LogP contribution is -2.19. The molecule has 1 aliphatic carbocycles. The number of hydrogen-bond donors (Lipinski definition) is 1. The zero-order valence-electron chi connectivity index (χ0n) is 5.95. The van der Waals surface area contributed by atoms with Crippen LogP contribution in [0.15, 0.2) is 0 Å². The second-order valence-corrected chi connectivity index (χ2v) is 3.05. The number of hydrogen-bond acceptors (Lipinski definition) is 1. The van der Waals surface area contributed by atoms with Gasteiger partial charge < -0.3 is 5.73 Å². The molecule has 0 spiro atoms. The summed E-state index contributed by atoms with van der Waals surface area (Å²) in [5.41, 5.74) is 5.52. The maximum Gasteiger partial charge on any atom is 0.248 e. The van der Waals surface area contributed by atoms with Gasteiger partial charge in [-0.2, -0.15) is 0 Å². The van der Waals surface area contributed by atoms with Gasteiger partial charge in [-0.25, -0.2) is 8.78 Å². The van der Waals surface area contributed by atoms with E-state index in [2.05, 4.69) is 0 Å². The lowest BCUT2D eigenvalue weighted by Gasteiger charge is -2.11. The molecule has 10 heavy (non-hydrogen) atoms. The summed E-state index contributed by atoms with van der Waals surface area (Å²) in [7, 11) is 0. The Balaban J connectivity index is 2.41. The normalized spacial score (nSPS) is 33.3. The minimum atomic E-state index is -2.44. The number of nitrogens with two attached hydrogens (primary N) is 1. The molecule has 0 unspecified atom stereocenters. The Hall–Kier alpha value is -0.180. The van der Waals surface area contributed by atoms with Gasteiger partial charge in [0, 0.05) is 18.9 Å². The van der Waals surface area contributed by atoms with Crippen molar-refractivity contribution in [3.63, 3.8) is 0 Å². The molecule has 1 nitrogen and oxygen atoms in total. The van der Waals surface area contributed by atoms with Crippen LogP contribution in [0.4, 0.5) is 8.78 Å². The van der Waals surface area contributed by atoms with E-state index in [9.17, 15) is 8.78 Å². The summed E-state index contributed by atoms with van der Waals surface area (Å²) in [6.45, 7) is 0. The lowest BCUT2D eigenvalue weighted by atomic mass is 10.1. The van der Waals surface area contributed by atoms with Crippen LogP contribution in [-0.4, -0.2) is 12.0 Å². The van der Waals surface area contributed by atoms with Gasteiger partial charge in [0.05, 0.1) is 0 Å². The van der Waals surface area contributed by atoms with E-state index in [1.54, 1.807) is 0 Å². The first kappa shape index (κ1) is 7.92. The van der Waals surface area contributed by atoms with Crippen molar-refractivity contribution in [1.29, 1.82) is 0 Å². The van der Waals surface area contributed by atoms with Gasteiger partial charge in [0.2, 0.25) is 5.92 Å². The average Bonchev–Trinajstić information content (AvgIpc) is 1.94. The van der Waals surface area contributed by atoms with Crippen molar-refractivity contribution in [2.75, 3.05) is 0 Å². The van der Waals surface area contributed by atoms with Crippen LogP contribution in [0, 0.1) is 0 Å². The van der Waals surface area contributed by atoms with E-state index in [1.807, 2.05) is 0 Å². The van der Waals surface area contributed by atoms with Gasteiger partial charge in [0.25, 0.3) is 0 Å². The molecule has 1 fully saturated rings. The maximum absolute atomic E-state index is 12.6. The van der Waals surface area contributed by atoms with Gasteiger partial charge >= 0.3 is 0 Å². The van der Waals surface area contributed by atoms with Gasteiger partial charge in [0.1, 0.15) is 0 Å². The Morgan fingerprint density at radius 3 is 2.60 bits per heavy atom. The van der Waals surface area contributed by atoms with Crippen LogP contribution in [0.2, 0.25) is 0 Å². The zero-order chi connectivity index (χ0) is 7.61. The molecular weight excluding hydrogens is 136 g/mol. The molecule has 0 aliphatic heterocycles. The van der Waals surface area contributed by atoms with E-state index in [1.165, 1.54) is 0 Å². The molecule has 2 N–H and O–H groups in total. The van der Waals surface area contributed by atoms with Gasteiger partial charge in [-0.1, -0.05) is 0 Å². The Kier molecular flexibility index (Phi) is 2.24. The maximum atomic E-state index is 12.6. The van der Waals surface area contributed by atoms with Gasteiger partial charge in [0.15, 0.2) is 0 Å². The quantitative estimate of drug-likeness (QED) is 0.523. The molecule has 1 saturated carbocycles. The van der Waals surface area contributed by atoms with E-state index < -0.39 is 5.92 Å². The van der Waals surface area contributed by atoms with E-state index in [4.69, 9.17) is 5.73 Å². The van der Waals surface area contributed by atoms with Crippen molar-refractivity contribution >= 4 is 0 Å². The molecule has 0 aromatic rings. The fourth-order valence-electron chi connectivity index (χ4n) is 1.29. The van der Waals surface area contributed by atoms with Crippen molar-refractivity contribution < 1.29 is 8.78 Å². The molecule has 0 amide bonds. The second kappa shape index (κ2) is 2.82. The third kappa shape index (κ3) is 2.21. The summed E-state index contributed by atoms with van der Waals surface area (Å²) in [5.74, 6) is -2.44. The smallest absolute Gasteiger partial charge is 0.248 e. The molecular formula is C7H13F2N. The molecule has 1 rings (SSSR count). The number of alkyl halides is 2. The number of halogens is 2. The largest absolute Gasteiger partial charge is 0.328 e. The Morgan fingerprint density at radius 2 is 1.90 bits per heavy atom. The first-order valence-electron chi connectivity index (χ1n) is 3.73. The zero-order valence-corrected chi connectivity index (χ0v) is 5.95. The highest BCUT2D eigenvalue weighted by molar-refractivity contribution is 4.76. The highest BCUT2D eigenvalue weighted by Gasteiger charge is 2.31.